The van der Waals surface area contributed by atoms with Crippen molar-refractivity contribution in [3.05, 3.63) is 24.8 Å². The minimum Gasteiger partial charge on any atom is -0.393 e. The summed E-state index contributed by atoms with van der Waals surface area (Å²) in [6.07, 6.45) is 14.9. The van der Waals surface area contributed by atoms with Gasteiger partial charge in [-0.3, -0.25) is 0 Å². The molecule has 1 N–H and O–H groups in total. The first-order valence-corrected chi connectivity index (χ1v) is 6.26. The molecule has 88 valence electrons. The second-order valence-corrected chi connectivity index (χ2v) is 4.10. The molecule has 0 aromatic heterocycles. The van der Waals surface area contributed by atoms with E-state index in [2.05, 4.69) is 19.6 Å². The molecular weight excluding hydrogens is 184 g/mol. The van der Waals surface area contributed by atoms with Crippen molar-refractivity contribution in [1.29, 1.82) is 0 Å². The lowest BCUT2D eigenvalue weighted by atomic mass is 10.0. The molecule has 0 aromatic carbocycles. The van der Waals surface area contributed by atoms with E-state index in [9.17, 15) is 5.11 Å². The second-order valence-electron chi connectivity index (χ2n) is 4.10. The first kappa shape index (κ1) is 14.4. The third kappa shape index (κ3) is 11.4. The van der Waals surface area contributed by atoms with Crippen molar-refractivity contribution in [2.45, 2.75) is 64.4 Å². The summed E-state index contributed by atoms with van der Waals surface area (Å²) in [6.45, 7) is 5.79. The van der Waals surface area contributed by atoms with E-state index in [0.29, 0.717) is 0 Å². The molecule has 0 saturated heterocycles. The standard InChI is InChI=1S/C14H26O/c1-3-5-7-8-9-10-11-13-14(15)12-6-4-2/h3,5,7,14-15H,1,4,6,8-13H2,2H3. The van der Waals surface area contributed by atoms with Crippen LogP contribution in [-0.2, 0) is 0 Å². The molecule has 0 aliphatic carbocycles. The van der Waals surface area contributed by atoms with E-state index in [0.717, 1.165) is 32.1 Å². The third-order valence-corrected chi connectivity index (χ3v) is 2.57. The van der Waals surface area contributed by atoms with Gasteiger partial charge in [-0.2, -0.15) is 0 Å². The molecule has 0 aliphatic heterocycles. The van der Waals surface area contributed by atoms with Gasteiger partial charge in [0.25, 0.3) is 0 Å². The van der Waals surface area contributed by atoms with Gasteiger partial charge in [0.2, 0.25) is 0 Å². The van der Waals surface area contributed by atoms with Gasteiger partial charge in [0.05, 0.1) is 6.10 Å². The molecule has 0 saturated carbocycles. The zero-order valence-electron chi connectivity index (χ0n) is 10.1. The molecule has 0 bridgehead atoms. The van der Waals surface area contributed by atoms with Crippen LogP contribution in [0.25, 0.3) is 0 Å². The van der Waals surface area contributed by atoms with Crippen LogP contribution in [0.5, 0.6) is 0 Å². The van der Waals surface area contributed by atoms with Crippen molar-refractivity contribution in [2.24, 2.45) is 0 Å². The van der Waals surface area contributed by atoms with E-state index in [1.54, 1.807) is 0 Å². The fourth-order valence-electron chi connectivity index (χ4n) is 1.60. The number of unbranched alkanes of at least 4 members (excludes halogenated alkanes) is 4. The number of aliphatic hydroxyl groups excluding tert-OH is 1. The Morgan fingerprint density at radius 2 is 1.87 bits per heavy atom. The summed E-state index contributed by atoms with van der Waals surface area (Å²) in [7, 11) is 0. The lowest BCUT2D eigenvalue weighted by molar-refractivity contribution is 0.148. The third-order valence-electron chi connectivity index (χ3n) is 2.57. The summed E-state index contributed by atoms with van der Waals surface area (Å²) in [4.78, 5) is 0. The van der Waals surface area contributed by atoms with Crippen LogP contribution in [0.4, 0.5) is 0 Å². The Morgan fingerprint density at radius 3 is 2.53 bits per heavy atom. The summed E-state index contributed by atoms with van der Waals surface area (Å²) >= 11 is 0. The molecule has 0 heterocycles. The second kappa shape index (κ2) is 11.5. The monoisotopic (exact) mass is 210 g/mol. The van der Waals surface area contributed by atoms with Gasteiger partial charge in [-0.1, -0.05) is 57.4 Å². The van der Waals surface area contributed by atoms with Gasteiger partial charge >= 0.3 is 0 Å². The van der Waals surface area contributed by atoms with Crippen LogP contribution in [0.2, 0.25) is 0 Å². The van der Waals surface area contributed by atoms with E-state index in [1.807, 2.05) is 12.2 Å². The zero-order valence-corrected chi connectivity index (χ0v) is 10.1. The normalized spacial score (nSPS) is 13.2. The largest absolute Gasteiger partial charge is 0.393 e. The average molecular weight is 210 g/mol. The van der Waals surface area contributed by atoms with Crippen molar-refractivity contribution < 1.29 is 5.11 Å². The van der Waals surface area contributed by atoms with Gasteiger partial charge in [0.15, 0.2) is 0 Å². The van der Waals surface area contributed by atoms with Crippen LogP contribution in [0.1, 0.15) is 58.3 Å². The smallest absolute Gasteiger partial charge is 0.0540 e. The lowest BCUT2D eigenvalue weighted by Gasteiger charge is -2.08. The summed E-state index contributed by atoms with van der Waals surface area (Å²) in [5, 5.41) is 9.59. The van der Waals surface area contributed by atoms with Gasteiger partial charge in [0.1, 0.15) is 0 Å². The molecule has 1 nitrogen and oxygen atoms in total. The van der Waals surface area contributed by atoms with E-state index in [1.165, 1.54) is 19.3 Å². The Labute approximate surface area is 94.9 Å². The van der Waals surface area contributed by atoms with Crippen LogP contribution >= 0.6 is 0 Å². The Balaban J connectivity index is 3.15. The summed E-state index contributed by atoms with van der Waals surface area (Å²) < 4.78 is 0. The molecule has 0 rings (SSSR count). The van der Waals surface area contributed by atoms with Crippen molar-refractivity contribution in [1.82, 2.24) is 0 Å². The maximum atomic E-state index is 9.59. The number of hydrogen-bond donors (Lipinski definition) is 1. The Kier molecular flexibility index (Phi) is 11.1. The topological polar surface area (TPSA) is 20.2 Å². The molecule has 0 amide bonds. The van der Waals surface area contributed by atoms with E-state index >= 15 is 0 Å². The Hall–Kier alpha value is -0.560. The van der Waals surface area contributed by atoms with Gasteiger partial charge < -0.3 is 5.11 Å². The van der Waals surface area contributed by atoms with Crippen LogP contribution < -0.4 is 0 Å². The highest BCUT2D eigenvalue weighted by molar-refractivity contribution is 4.96. The van der Waals surface area contributed by atoms with Gasteiger partial charge in [-0.05, 0) is 25.7 Å². The number of allylic oxidation sites excluding steroid dienone is 3. The average Bonchev–Trinajstić information content (AvgIpc) is 2.25. The highest BCUT2D eigenvalue weighted by Gasteiger charge is 2.01. The first-order valence-electron chi connectivity index (χ1n) is 6.26. The molecule has 1 unspecified atom stereocenters. The summed E-state index contributed by atoms with van der Waals surface area (Å²) in [5.41, 5.74) is 0. The van der Waals surface area contributed by atoms with Crippen molar-refractivity contribution in [3.63, 3.8) is 0 Å². The molecule has 1 heteroatoms. The minimum atomic E-state index is -0.0614. The molecule has 1 atom stereocenters. The minimum absolute atomic E-state index is 0.0614. The van der Waals surface area contributed by atoms with Crippen LogP contribution in [0.3, 0.4) is 0 Å². The van der Waals surface area contributed by atoms with E-state index < -0.39 is 0 Å². The van der Waals surface area contributed by atoms with E-state index in [4.69, 9.17) is 0 Å². The van der Waals surface area contributed by atoms with Crippen LogP contribution in [0, 0.1) is 0 Å². The van der Waals surface area contributed by atoms with Crippen molar-refractivity contribution in [3.8, 4) is 0 Å². The quantitative estimate of drug-likeness (QED) is 0.422. The highest BCUT2D eigenvalue weighted by atomic mass is 16.3. The predicted octanol–water partition coefficient (Wildman–Crippen LogP) is 4.23. The van der Waals surface area contributed by atoms with Crippen molar-refractivity contribution in [2.75, 3.05) is 0 Å². The number of rotatable bonds is 10. The summed E-state index contributed by atoms with van der Waals surface area (Å²) in [5.74, 6) is 0. The molecule has 0 aromatic rings. The Bertz CT molecular complexity index is 161. The predicted molar refractivity (Wildman–Crippen MR) is 68.0 cm³/mol. The molecule has 0 radical (unpaired) electrons. The zero-order chi connectivity index (χ0) is 11.4. The number of aliphatic hydroxyl groups is 1. The molecular formula is C14H26O. The van der Waals surface area contributed by atoms with Gasteiger partial charge in [0, 0.05) is 0 Å². The molecule has 0 fully saturated rings. The van der Waals surface area contributed by atoms with Crippen LogP contribution in [-0.4, -0.2) is 11.2 Å². The summed E-state index contributed by atoms with van der Waals surface area (Å²) in [6, 6.07) is 0. The van der Waals surface area contributed by atoms with E-state index in [-0.39, 0.29) is 6.10 Å². The lowest BCUT2D eigenvalue weighted by Crippen LogP contribution is -2.05. The highest BCUT2D eigenvalue weighted by Crippen LogP contribution is 2.10. The maximum Gasteiger partial charge on any atom is 0.0540 e. The SMILES string of the molecule is C=CC=CCCCCCC(O)CCCC. The number of hydrogen-bond acceptors (Lipinski definition) is 1. The first-order chi connectivity index (χ1) is 7.31. The Morgan fingerprint density at radius 1 is 1.13 bits per heavy atom. The maximum absolute atomic E-state index is 9.59. The van der Waals surface area contributed by atoms with Gasteiger partial charge in [-0.15, -0.1) is 0 Å². The fourth-order valence-corrected chi connectivity index (χ4v) is 1.60. The van der Waals surface area contributed by atoms with Crippen LogP contribution in [0.15, 0.2) is 24.8 Å². The molecule has 15 heavy (non-hydrogen) atoms. The molecule has 0 aliphatic rings. The molecule has 0 spiro atoms. The van der Waals surface area contributed by atoms with Crippen molar-refractivity contribution >= 4 is 0 Å². The van der Waals surface area contributed by atoms with Gasteiger partial charge in [-0.25, -0.2) is 0 Å². The fraction of sp³-hybridized carbons (Fsp3) is 0.714.